The first-order chi connectivity index (χ1) is 6.63. The molecule has 0 aromatic heterocycles. The molecule has 0 aromatic carbocycles. The van der Waals surface area contributed by atoms with Crippen molar-refractivity contribution >= 4 is 8.56 Å². The smallest absolute Gasteiger partial charge is 0.355 e. The quantitative estimate of drug-likeness (QED) is 0.592. The Hall–Kier alpha value is 0.0569. The van der Waals surface area contributed by atoms with Crippen molar-refractivity contribution < 1.29 is 8.85 Å². The van der Waals surface area contributed by atoms with Crippen LogP contribution in [0, 0.1) is 0 Å². The molecule has 0 saturated carbocycles. The van der Waals surface area contributed by atoms with Gasteiger partial charge in [-0.25, -0.2) is 0 Å². The molecule has 0 rings (SSSR count). The summed E-state index contributed by atoms with van der Waals surface area (Å²) in [7, 11) is -2.20. The monoisotopic (exact) mass is 220 g/mol. The van der Waals surface area contributed by atoms with E-state index in [2.05, 4.69) is 0 Å². The fraction of sp³-hybridized carbons (Fsp3) is 1.00. The lowest BCUT2D eigenvalue weighted by Gasteiger charge is -2.33. The molecule has 14 heavy (non-hydrogen) atoms. The van der Waals surface area contributed by atoms with Crippen molar-refractivity contribution in [2.24, 2.45) is 11.5 Å². The highest BCUT2D eigenvalue weighted by atomic mass is 28.4. The van der Waals surface area contributed by atoms with Gasteiger partial charge in [0.1, 0.15) is 0 Å². The topological polar surface area (TPSA) is 70.5 Å². The Morgan fingerprint density at radius 3 is 2.00 bits per heavy atom. The van der Waals surface area contributed by atoms with E-state index in [0.29, 0.717) is 19.8 Å². The van der Waals surface area contributed by atoms with Gasteiger partial charge in [0, 0.05) is 18.9 Å². The summed E-state index contributed by atoms with van der Waals surface area (Å²) in [5.74, 6) is 0. The van der Waals surface area contributed by atoms with E-state index < -0.39 is 8.56 Å². The SMILES string of the molecule is CCO[Si](CCCN)(OCC)C(C)N. The van der Waals surface area contributed by atoms with Gasteiger partial charge in [0.15, 0.2) is 0 Å². The van der Waals surface area contributed by atoms with Crippen LogP contribution in [0.25, 0.3) is 0 Å². The van der Waals surface area contributed by atoms with Gasteiger partial charge < -0.3 is 20.3 Å². The lowest BCUT2D eigenvalue weighted by Crippen LogP contribution is -2.56. The van der Waals surface area contributed by atoms with Gasteiger partial charge in [-0.2, -0.15) is 0 Å². The molecule has 0 aromatic rings. The predicted octanol–water partition coefficient (Wildman–Crippen LogP) is 0.737. The second kappa shape index (κ2) is 7.36. The summed E-state index contributed by atoms with van der Waals surface area (Å²) < 4.78 is 11.5. The second-order valence-electron chi connectivity index (χ2n) is 3.36. The Bertz CT molecular complexity index is 139. The maximum atomic E-state index is 5.96. The van der Waals surface area contributed by atoms with Crippen LogP contribution in [-0.2, 0) is 8.85 Å². The van der Waals surface area contributed by atoms with E-state index in [1.165, 1.54) is 0 Å². The molecule has 1 atom stereocenters. The molecule has 0 aliphatic carbocycles. The molecule has 0 saturated heterocycles. The van der Waals surface area contributed by atoms with E-state index in [1.54, 1.807) is 0 Å². The maximum Gasteiger partial charge on any atom is 0.355 e. The predicted molar refractivity (Wildman–Crippen MR) is 61.1 cm³/mol. The van der Waals surface area contributed by atoms with Gasteiger partial charge >= 0.3 is 8.56 Å². The summed E-state index contributed by atoms with van der Waals surface area (Å²) in [6.07, 6.45) is 0.924. The Morgan fingerprint density at radius 1 is 1.21 bits per heavy atom. The van der Waals surface area contributed by atoms with Crippen molar-refractivity contribution in [3.63, 3.8) is 0 Å². The van der Waals surface area contributed by atoms with Crippen molar-refractivity contribution in [2.45, 2.75) is 38.9 Å². The van der Waals surface area contributed by atoms with Gasteiger partial charge in [-0.3, -0.25) is 0 Å². The van der Waals surface area contributed by atoms with Gasteiger partial charge in [0.2, 0.25) is 0 Å². The molecule has 4 nitrogen and oxygen atoms in total. The standard InChI is InChI=1S/C9H24N2O2Si/c1-4-12-14(9(3)11,13-5-2)8-6-7-10/h9H,4-8,10-11H2,1-3H3. The lowest BCUT2D eigenvalue weighted by molar-refractivity contribution is 0.174. The Balaban J connectivity index is 4.38. The number of hydrogen-bond donors (Lipinski definition) is 2. The highest BCUT2D eigenvalue weighted by Gasteiger charge is 2.40. The second-order valence-corrected chi connectivity index (χ2v) is 6.97. The summed E-state index contributed by atoms with van der Waals surface area (Å²) in [5, 5.41) is 0. The van der Waals surface area contributed by atoms with E-state index in [-0.39, 0.29) is 5.67 Å². The van der Waals surface area contributed by atoms with Crippen LogP contribution in [0.5, 0.6) is 0 Å². The molecule has 0 aliphatic heterocycles. The number of rotatable bonds is 8. The summed E-state index contributed by atoms with van der Waals surface area (Å²) >= 11 is 0. The highest BCUT2D eigenvalue weighted by Crippen LogP contribution is 2.18. The van der Waals surface area contributed by atoms with Gasteiger partial charge in [0.05, 0.1) is 0 Å². The minimum absolute atomic E-state index is 0.00560. The van der Waals surface area contributed by atoms with Crippen molar-refractivity contribution in [1.29, 1.82) is 0 Å². The van der Waals surface area contributed by atoms with Crippen molar-refractivity contribution in [3.8, 4) is 0 Å². The first-order valence-electron chi connectivity index (χ1n) is 5.36. The van der Waals surface area contributed by atoms with Crippen molar-refractivity contribution in [1.82, 2.24) is 0 Å². The largest absolute Gasteiger partial charge is 0.394 e. The highest BCUT2D eigenvalue weighted by molar-refractivity contribution is 6.69. The van der Waals surface area contributed by atoms with Crippen molar-refractivity contribution in [3.05, 3.63) is 0 Å². The third-order valence-electron chi connectivity index (χ3n) is 2.20. The number of nitrogens with two attached hydrogens (primary N) is 2. The van der Waals surface area contributed by atoms with Gasteiger partial charge in [-0.05, 0) is 39.8 Å². The Labute approximate surface area is 88.2 Å². The molecule has 86 valence electrons. The maximum absolute atomic E-state index is 5.96. The van der Waals surface area contributed by atoms with E-state index in [0.717, 1.165) is 12.5 Å². The van der Waals surface area contributed by atoms with Crippen LogP contribution in [0.15, 0.2) is 0 Å². The van der Waals surface area contributed by atoms with Gasteiger partial charge in [-0.1, -0.05) is 0 Å². The first kappa shape index (κ1) is 14.1. The summed E-state index contributed by atoms with van der Waals surface area (Å²) in [5.41, 5.74) is 11.4. The van der Waals surface area contributed by atoms with E-state index in [9.17, 15) is 0 Å². The first-order valence-corrected chi connectivity index (χ1v) is 7.46. The average Bonchev–Trinajstić information content (AvgIpc) is 2.14. The fourth-order valence-electron chi connectivity index (χ4n) is 1.51. The average molecular weight is 220 g/mol. The molecule has 0 amide bonds. The van der Waals surface area contributed by atoms with Crippen LogP contribution in [0.4, 0.5) is 0 Å². The molecular formula is C9H24N2O2Si. The molecule has 0 heterocycles. The van der Waals surface area contributed by atoms with Crippen molar-refractivity contribution in [2.75, 3.05) is 19.8 Å². The number of hydrogen-bond acceptors (Lipinski definition) is 4. The van der Waals surface area contributed by atoms with Crippen LogP contribution in [-0.4, -0.2) is 34.0 Å². The Morgan fingerprint density at radius 2 is 1.71 bits per heavy atom. The van der Waals surface area contributed by atoms with Crippen LogP contribution >= 0.6 is 0 Å². The minimum Gasteiger partial charge on any atom is -0.394 e. The zero-order valence-electron chi connectivity index (χ0n) is 9.58. The molecular weight excluding hydrogens is 196 g/mol. The van der Waals surface area contributed by atoms with Crippen LogP contribution < -0.4 is 11.5 Å². The molecule has 5 heteroatoms. The molecule has 1 unspecified atom stereocenters. The van der Waals surface area contributed by atoms with Crippen LogP contribution in [0.3, 0.4) is 0 Å². The lowest BCUT2D eigenvalue weighted by atomic mass is 10.5. The molecule has 0 fully saturated rings. The van der Waals surface area contributed by atoms with Crippen LogP contribution in [0.1, 0.15) is 27.2 Å². The van der Waals surface area contributed by atoms with E-state index >= 15 is 0 Å². The fourth-order valence-corrected chi connectivity index (χ4v) is 4.54. The summed E-state index contributed by atoms with van der Waals surface area (Å²) in [4.78, 5) is 0. The zero-order valence-corrected chi connectivity index (χ0v) is 10.6. The van der Waals surface area contributed by atoms with Gasteiger partial charge in [-0.15, -0.1) is 0 Å². The third-order valence-corrected chi connectivity index (χ3v) is 6.19. The molecule has 0 radical (unpaired) electrons. The van der Waals surface area contributed by atoms with Gasteiger partial charge in [0.25, 0.3) is 0 Å². The Kier molecular flexibility index (Phi) is 7.39. The zero-order chi connectivity index (χ0) is 11.0. The molecule has 0 aliphatic rings. The molecule has 0 bridgehead atoms. The van der Waals surface area contributed by atoms with Crippen LogP contribution in [0.2, 0.25) is 6.04 Å². The minimum atomic E-state index is -2.20. The molecule has 0 spiro atoms. The molecule has 4 N–H and O–H groups in total. The summed E-state index contributed by atoms with van der Waals surface area (Å²) in [6.45, 7) is 7.92. The summed E-state index contributed by atoms with van der Waals surface area (Å²) in [6, 6.07) is 0.892. The van der Waals surface area contributed by atoms with E-state index in [1.807, 2.05) is 20.8 Å². The normalized spacial score (nSPS) is 14.4. The third kappa shape index (κ3) is 4.06. The van der Waals surface area contributed by atoms with E-state index in [4.69, 9.17) is 20.3 Å².